The Morgan fingerprint density at radius 3 is 3.00 bits per heavy atom. The summed E-state index contributed by atoms with van der Waals surface area (Å²) in [6.45, 7) is 0.329. The standard InChI is InChI=1S/C14H11ClN4OS/c15-8-1-2-10-11(5-8)21-13(12(10)16)14(20)18-6-9-3-4-17-7-19-9/h1-5,7H,6,16H2,(H,18,20). The van der Waals surface area contributed by atoms with Crippen LogP contribution in [-0.4, -0.2) is 15.9 Å². The number of thiophene rings is 1. The van der Waals surface area contributed by atoms with Gasteiger partial charge in [0.25, 0.3) is 5.91 Å². The Morgan fingerprint density at radius 2 is 2.24 bits per heavy atom. The van der Waals surface area contributed by atoms with Gasteiger partial charge in [0.15, 0.2) is 0 Å². The van der Waals surface area contributed by atoms with Gasteiger partial charge in [-0.3, -0.25) is 4.79 Å². The highest BCUT2D eigenvalue weighted by Crippen LogP contribution is 2.35. The first-order valence-corrected chi connectivity index (χ1v) is 7.35. The Labute approximate surface area is 129 Å². The molecule has 0 aliphatic rings. The Morgan fingerprint density at radius 1 is 1.38 bits per heavy atom. The van der Waals surface area contributed by atoms with E-state index < -0.39 is 0 Å². The average Bonchev–Trinajstić information content (AvgIpc) is 2.82. The van der Waals surface area contributed by atoms with Gasteiger partial charge in [-0.2, -0.15) is 0 Å². The van der Waals surface area contributed by atoms with Gasteiger partial charge in [0, 0.05) is 21.3 Å². The van der Waals surface area contributed by atoms with Gasteiger partial charge in [0.2, 0.25) is 0 Å². The first-order valence-electron chi connectivity index (χ1n) is 6.16. The van der Waals surface area contributed by atoms with Gasteiger partial charge < -0.3 is 11.1 Å². The molecular formula is C14H11ClN4OS. The van der Waals surface area contributed by atoms with Crippen LogP contribution in [0.1, 0.15) is 15.4 Å². The predicted molar refractivity (Wildman–Crippen MR) is 84.4 cm³/mol. The van der Waals surface area contributed by atoms with E-state index >= 15 is 0 Å². The maximum Gasteiger partial charge on any atom is 0.263 e. The summed E-state index contributed by atoms with van der Waals surface area (Å²) in [5.74, 6) is -0.219. The molecule has 0 radical (unpaired) electrons. The number of fused-ring (bicyclic) bond motifs is 1. The van der Waals surface area contributed by atoms with Gasteiger partial charge in [-0.1, -0.05) is 11.6 Å². The van der Waals surface area contributed by atoms with Crippen LogP contribution in [0.3, 0.4) is 0 Å². The molecule has 0 unspecified atom stereocenters. The molecule has 0 fully saturated rings. The van der Waals surface area contributed by atoms with Crippen molar-refractivity contribution in [2.75, 3.05) is 5.73 Å². The molecule has 21 heavy (non-hydrogen) atoms. The number of hydrogen-bond acceptors (Lipinski definition) is 5. The molecule has 3 N–H and O–H groups in total. The minimum absolute atomic E-state index is 0.219. The Kier molecular flexibility index (Phi) is 3.72. The Hall–Kier alpha value is -2.18. The zero-order chi connectivity index (χ0) is 14.8. The lowest BCUT2D eigenvalue weighted by atomic mass is 10.2. The number of hydrogen-bond donors (Lipinski definition) is 2. The zero-order valence-electron chi connectivity index (χ0n) is 10.8. The van der Waals surface area contributed by atoms with Crippen molar-refractivity contribution in [1.82, 2.24) is 15.3 Å². The minimum atomic E-state index is -0.219. The third kappa shape index (κ3) is 2.81. The van der Waals surface area contributed by atoms with Crippen molar-refractivity contribution in [2.24, 2.45) is 0 Å². The molecule has 5 nitrogen and oxygen atoms in total. The number of amides is 1. The van der Waals surface area contributed by atoms with E-state index in [1.807, 2.05) is 6.07 Å². The second-order valence-corrected chi connectivity index (χ2v) is 5.86. The van der Waals surface area contributed by atoms with Crippen molar-refractivity contribution in [2.45, 2.75) is 6.54 Å². The molecule has 1 aromatic carbocycles. The van der Waals surface area contributed by atoms with Crippen molar-refractivity contribution in [3.63, 3.8) is 0 Å². The molecule has 106 valence electrons. The minimum Gasteiger partial charge on any atom is -0.397 e. The van der Waals surface area contributed by atoms with E-state index in [0.29, 0.717) is 22.1 Å². The Bertz CT molecular complexity index is 803. The molecule has 7 heteroatoms. The predicted octanol–water partition coefficient (Wildman–Crippen LogP) is 2.86. The fourth-order valence-electron chi connectivity index (χ4n) is 1.93. The summed E-state index contributed by atoms with van der Waals surface area (Å²) in [6.07, 6.45) is 3.07. The molecule has 3 rings (SSSR count). The molecule has 2 heterocycles. The Balaban J connectivity index is 1.83. The monoisotopic (exact) mass is 318 g/mol. The van der Waals surface area contributed by atoms with E-state index in [1.165, 1.54) is 17.7 Å². The second kappa shape index (κ2) is 5.67. The highest BCUT2D eigenvalue weighted by molar-refractivity contribution is 7.21. The van der Waals surface area contributed by atoms with Crippen LogP contribution in [-0.2, 0) is 6.54 Å². The van der Waals surface area contributed by atoms with Crippen LogP contribution in [0.4, 0.5) is 5.69 Å². The number of aromatic nitrogens is 2. The van der Waals surface area contributed by atoms with E-state index in [0.717, 1.165) is 15.8 Å². The third-order valence-corrected chi connectivity index (χ3v) is 4.37. The summed E-state index contributed by atoms with van der Waals surface area (Å²) in [6, 6.07) is 7.13. The van der Waals surface area contributed by atoms with Crippen LogP contribution in [0.15, 0.2) is 36.8 Å². The van der Waals surface area contributed by atoms with E-state index in [9.17, 15) is 4.79 Å². The summed E-state index contributed by atoms with van der Waals surface area (Å²) in [5, 5.41) is 4.27. The number of nitrogens with one attached hydrogen (secondary N) is 1. The topological polar surface area (TPSA) is 80.9 Å². The van der Waals surface area contributed by atoms with Crippen molar-refractivity contribution in [3.05, 3.63) is 52.4 Å². The van der Waals surface area contributed by atoms with Crippen LogP contribution < -0.4 is 11.1 Å². The lowest BCUT2D eigenvalue weighted by Gasteiger charge is -2.03. The molecule has 2 aromatic heterocycles. The van der Waals surface area contributed by atoms with E-state index in [-0.39, 0.29) is 5.91 Å². The first-order chi connectivity index (χ1) is 10.1. The summed E-state index contributed by atoms with van der Waals surface area (Å²) >= 11 is 7.28. The normalized spacial score (nSPS) is 10.7. The molecular weight excluding hydrogens is 308 g/mol. The zero-order valence-corrected chi connectivity index (χ0v) is 12.4. The van der Waals surface area contributed by atoms with Gasteiger partial charge in [-0.05, 0) is 24.3 Å². The number of rotatable bonds is 3. The molecule has 0 saturated heterocycles. The number of anilines is 1. The van der Waals surface area contributed by atoms with Crippen molar-refractivity contribution >= 4 is 44.6 Å². The van der Waals surface area contributed by atoms with Gasteiger partial charge in [0.05, 0.1) is 17.9 Å². The summed E-state index contributed by atoms with van der Waals surface area (Å²) in [7, 11) is 0. The van der Waals surface area contributed by atoms with Gasteiger partial charge in [0.1, 0.15) is 11.2 Å². The fraction of sp³-hybridized carbons (Fsp3) is 0.0714. The van der Waals surface area contributed by atoms with Crippen molar-refractivity contribution in [3.8, 4) is 0 Å². The summed E-state index contributed by atoms with van der Waals surface area (Å²) in [4.78, 5) is 20.6. The molecule has 0 saturated carbocycles. The summed E-state index contributed by atoms with van der Waals surface area (Å²) in [5.41, 5.74) is 7.26. The number of carbonyl (C=O) groups is 1. The van der Waals surface area contributed by atoms with Crippen LogP contribution in [0, 0.1) is 0 Å². The molecule has 1 amide bonds. The molecule has 0 spiro atoms. The van der Waals surface area contributed by atoms with Crippen LogP contribution in [0.2, 0.25) is 5.02 Å². The number of benzene rings is 1. The second-order valence-electron chi connectivity index (χ2n) is 4.37. The van der Waals surface area contributed by atoms with Gasteiger partial charge >= 0.3 is 0 Å². The number of nitrogens with zero attached hydrogens (tertiary/aromatic N) is 2. The molecule has 0 bridgehead atoms. The van der Waals surface area contributed by atoms with Crippen LogP contribution in [0.25, 0.3) is 10.1 Å². The van der Waals surface area contributed by atoms with Crippen LogP contribution >= 0.6 is 22.9 Å². The third-order valence-electron chi connectivity index (χ3n) is 2.97. The number of carbonyl (C=O) groups excluding carboxylic acids is 1. The highest BCUT2D eigenvalue weighted by atomic mass is 35.5. The average molecular weight is 319 g/mol. The first kappa shape index (κ1) is 13.8. The summed E-state index contributed by atoms with van der Waals surface area (Å²) < 4.78 is 0.896. The molecule has 3 aromatic rings. The lowest BCUT2D eigenvalue weighted by molar-refractivity contribution is 0.0955. The van der Waals surface area contributed by atoms with Crippen LogP contribution in [0.5, 0.6) is 0 Å². The number of nitrogen functional groups attached to an aromatic ring is 1. The van der Waals surface area contributed by atoms with Gasteiger partial charge in [-0.25, -0.2) is 9.97 Å². The smallest absolute Gasteiger partial charge is 0.263 e. The molecule has 0 aliphatic carbocycles. The van der Waals surface area contributed by atoms with Crippen molar-refractivity contribution in [1.29, 1.82) is 0 Å². The van der Waals surface area contributed by atoms with E-state index in [4.69, 9.17) is 17.3 Å². The van der Waals surface area contributed by atoms with E-state index in [1.54, 1.807) is 24.4 Å². The number of halogens is 1. The van der Waals surface area contributed by atoms with Crippen molar-refractivity contribution < 1.29 is 4.79 Å². The largest absolute Gasteiger partial charge is 0.397 e. The molecule has 0 aliphatic heterocycles. The fourth-order valence-corrected chi connectivity index (χ4v) is 3.25. The lowest BCUT2D eigenvalue weighted by Crippen LogP contribution is -2.23. The maximum absolute atomic E-state index is 12.2. The number of nitrogens with two attached hydrogens (primary N) is 1. The maximum atomic E-state index is 12.2. The molecule has 0 atom stereocenters. The SMILES string of the molecule is Nc1c(C(=O)NCc2ccncn2)sc2cc(Cl)ccc12. The highest BCUT2D eigenvalue weighted by Gasteiger charge is 2.16. The quantitative estimate of drug-likeness (QED) is 0.778. The van der Waals surface area contributed by atoms with Gasteiger partial charge in [-0.15, -0.1) is 11.3 Å². The van der Waals surface area contributed by atoms with E-state index in [2.05, 4.69) is 15.3 Å².